The molecule has 20 heavy (non-hydrogen) atoms. The van der Waals surface area contributed by atoms with Crippen LogP contribution in [0.4, 0.5) is 13.2 Å². The van der Waals surface area contributed by atoms with Crippen molar-refractivity contribution in [1.82, 2.24) is 5.43 Å². The molecular weight excluding hydrogens is 269 g/mol. The monoisotopic (exact) mass is 294 g/mol. The Kier molecular flexibility index (Phi) is 5.69. The predicted molar refractivity (Wildman–Crippen MR) is 70.8 cm³/mol. The molecule has 1 heterocycles. The highest BCUT2D eigenvalue weighted by molar-refractivity contribution is 4.88. The number of hydrazine groups is 1. The summed E-state index contributed by atoms with van der Waals surface area (Å²) in [5.41, 5.74) is 2.64. The van der Waals surface area contributed by atoms with Crippen LogP contribution in [0.15, 0.2) is 0 Å². The van der Waals surface area contributed by atoms with Crippen molar-refractivity contribution in [2.24, 2.45) is 17.7 Å². The smallest absolute Gasteiger partial charge is 0.378 e. The van der Waals surface area contributed by atoms with Crippen LogP contribution >= 0.6 is 0 Å². The number of halogens is 3. The normalized spacial score (nSPS) is 33.3. The van der Waals surface area contributed by atoms with Gasteiger partial charge in [0, 0.05) is 12.6 Å². The van der Waals surface area contributed by atoms with Crippen molar-refractivity contribution in [2.45, 2.75) is 69.7 Å². The van der Waals surface area contributed by atoms with Gasteiger partial charge < -0.3 is 4.74 Å². The van der Waals surface area contributed by atoms with Gasteiger partial charge in [-0.15, -0.1) is 0 Å². The molecule has 0 amide bonds. The third-order valence-electron chi connectivity index (χ3n) is 4.79. The van der Waals surface area contributed by atoms with Gasteiger partial charge in [0.05, 0.1) is 12.0 Å². The molecule has 6 heteroatoms. The minimum atomic E-state index is -4.11. The quantitative estimate of drug-likeness (QED) is 0.605. The summed E-state index contributed by atoms with van der Waals surface area (Å²) in [6, 6.07) is -0.258. The number of nitrogens with two attached hydrogens (primary N) is 1. The maximum atomic E-state index is 13.1. The van der Waals surface area contributed by atoms with Crippen LogP contribution < -0.4 is 11.3 Å². The molecule has 2 rings (SSSR count). The van der Waals surface area contributed by atoms with Gasteiger partial charge in [0.2, 0.25) is 0 Å². The van der Waals surface area contributed by atoms with E-state index in [1.807, 2.05) is 0 Å². The molecule has 1 saturated carbocycles. The van der Waals surface area contributed by atoms with E-state index >= 15 is 0 Å². The van der Waals surface area contributed by atoms with E-state index in [2.05, 4.69) is 5.43 Å². The fraction of sp³-hybridized carbons (Fsp3) is 1.00. The topological polar surface area (TPSA) is 47.3 Å². The number of rotatable bonds is 5. The molecule has 2 fully saturated rings. The molecule has 4 unspecified atom stereocenters. The van der Waals surface area contributed by atoms with Crippen molar-refractivity contribution in [3.8, 4) is 0 Å². The van der Waals surface area contributed by atoms with Crippen LogP contribution in [0.2, 0.25) is 0 Å². The summed E-state index contributed by atoms with van der Waals surface area (Å²) in [6.45, 7) is 0.778. The number of alkyl halides is 3. The molecule has 0 bridgehead atoms. The van der Waals surface area contributed by atoms with E-state index in [4.69, 9.17) is 10.6 Å². The molecule has 3 nitrogen and oxygen atoms in total. The van der Waals surface area contributed by atoms with E-state index in [1.54, 1.807) is 0 Å². The van der Waals surface area contributed by atoms with E-state index in [1.165, 1.54) is 0 Å². The molecule has 4 atom stereocenters. The van der Waals surface area contributed by atoms with Crippen molar-refractivity contribution in [3.63, 3.8) is 0 Å². The van der Waals surface area contributed by atoms with Crippen LogP contribution in [0.3, 0.4) is 0 Å². The maximum absolute atomic E-state index is 13.1. The van der Waals surface area contributed by atoms with Crippen molar-refractivity contribution in [2.75, 3.05) is 6.61 Å². The lowest BCUT2D eigenvalue weighted by Gasteiger charge is -2.38. The Hall–Kier alpha value is -0.330. The standard InChI is InChI=1S/C14H25F3N2O/c15-14(16,17)12-6-2-1-5-11(12)13(19-18)8-7-10-4-3-9-20-10/h10-13,19H,1-9,18H2. The number of hydrogen-bond donors (Lipinski definition) is 2. The van der Waals surface area contributed by atoms with Crippen molar-refractivity contribution in [1.29, 1.82) is 0 Å². The van der Waals surface area contributed by atoms with E-state index in [-0.39, 0.29) is 18.6 Å². The predicted octanol–water partition coefficient (Wildman–Crippen LogP) is 3.15. The Labute approximate surface area is 118 Å². The average Bonchev–Trinajstić information content (AvgIpc) is 2.92. The second kappa shape index (κ2) is 7.09. The van der Waals surface area contributed by atoms with Crippen molar-refractivity contribution >= 4 is 0 Å². The van der Waals surface area contributed by atoms with Crippen LogP contribution in [-0.2, 0) is 4.74 Å². The first-order valence-corrected chi connectivity index (χ1v) is 7.67. The fourth-order valence-electron chi connectivity index (χ4n) is 3.71. The summed E-state index contributed by atoms with van der Waals surface area (Å²) in [6.07, 6.45) is 2.04. The van der Waals surface area contributed by atoms with Gasteiger partial charge in [-0.2, -0.15) is 13.2 Å². The zero-order valence-electron chi connectivity index (χ0n) is 11.8. The highest BCUT2D eigenvalue weighted by Gasteiger charge is 2.47. The zero-order chi connectivity index (χ0) is 14.6. The van der Waals surface area contributed by atoms with E-state index < -0.39 is 18.0 Å². The highest BCUT2D eigenvalue weighted by Crippen LogP contribution is 2.43. The number of nitrogens with one attached hydrogen (secondary N) is 1. The molecule has 2 aliphatic rings. The lowest BCUT2D eigenvalue weighted by atomic mass is 9.73. The minimum Gasteiger partial charge on any atom is -0.378 e. The summed E-state index contributed by atoms with van der Waals surface area (Å²) in [5.74, 6) is 3.94. The Morgan fingerprint density at radius 2 is 1.90 bits per heavy atom. The molecule has 1 aliphatic heterocycles. The van der Waals surface area contributed by atoms with Gasteiger partial charge in [-0.25, -0.2) is 0 Å². The molecule has 1 aliphatic carbocycles. The average molecular weight is 294 g/mol. The molecule has 0 radical (unpaired) electrons. The molecule has 1 saturated heterocycles. The van der Waals surface area contributed by atoms with E-state index in [0.29, 0.717) is 19.3 Å². The highest BCUT2D eigenvalue weighted by atomic mass is 19.4. The van der Waals surface area contributed by atoms with Crippen LogP contribution in [0.25, 0.3) is 0 Å². The Morgan fingerprint density at radius 1 is 1.15 bits per heavy atom. The Bertz CT molecular complexity index is 293. The Morgan fingerprint density at radius 3 is 2.50 bits per heavy atom. The summed E-state index contributed by atoms with van der Waals surface area (Å²) < 4.78 is 44.9. The summed E-state index contributed by atoms with van der Waals surface area (Å²) >= 11 is 0. The lowest BCUT2D eigenvalue weighted by Crippen LogP contribution is -2.48. The summed E-state index contributed by atoms with van der Waals surface area (Å²) in [7, 11) is 0. The van der Waals surface area contributed by atoms with Gasteiger partial charge in [0.15, 0.2) is 0 Å². The minimum absolute atomic E-state index is 0.207. The van der Waals surface area contributed by atoms with Gasteiger partial charge in [-0.3, -0.25) is 11.3 Å². The lowest BCUT2D eigenvalue weighted by molar-refractivity contribution is -0.199. The van der Waals surface area contributed by atoms with E-state index in [9.17, 15) is 13.2 Å². The first-order valence-electron chi connectivity index (χ1n) is 7.67. The number of ether oxygens (including phenoxy) is 1. The van der Waals surface area contributed by atoms with Crippen molar-refractivity contribution < 1.29 is 17.9 Å². The van der Waals surface area contributed by atoms with Crippen molar-refractivity contribution in [3.05, 3.63) is 0 Å². The molecule has 0 aromatic carbocycles. The Balaban J connectivity index is 1.92. The molecule has 0 spiro atoms. The first kappa shape index (κ1) is 16.0. The van der Waals surface area contributed by atoms with Crippen LogP contribution in [0.1, 0.15) is 51.4 Å². The summed E-state index contributed by atoms with van der Waals surface area (Å²) in [5, 5.41) is 0. The maximum Gasteiger partial charge on any atom is 0.392 e. The van der Waals surface area contributed by atoms with Crippen LogP contribution in [-0.4, -0.2) is 24.9 Å². The second-order valence-corrected chi connectivity index (χ2v) is 6.08. The molecular formula is C14H25F3N2O. The van der Waals surface area contributed by atoms with E-state index in [0.717, 1.165) is 32.3 Å². The first-order chi connectivity index (χ1) is 9.52. The van der Waals surface area contributed by atoms with Gasteiger partial charge in [-0.05, 0) is 44.4 Å². The molecule has 0 aromatic heterocycles. The number of hydrogen-bond acceptors (Lipinski definition) is 3. The molecule has 0 aromatic rings. The summed E-state index contributed by atoms with van der Waals surface area (Å²) in [4.78, 5) is 0. The van der Waals surface area contributed by atoms with Gasteiger partial charge >= 0.3 is 6.18 Å². The third-order valence-corrected chi connectivity index (χ3v) is 4.79. The van der Waals surface area contributed by atoms with Gasteiger partial charge in [0.25, 0.3) is 0 Å². The van der Waals surface area contributed by atoms with Gasteiger partial charge in [-0.1, -0.05) is 12.8 Å². The van der Waals surface area contributed by atoms with Crippen LogP contribution in [0.5, 0.6) is 0 Å². The molecule has 3 N–H and O–H groups in total. The van der Waals surface area contributed by atoms with Crippen LogP contribution in [0, 0.1) is 11.8 Å². The zero-order valence-corrected chi connectivity index (χ0v) is 11.8. The van der Waals surface area contributed by atoms with Gasteiger partial charge in [0.1, 0.15) is 0 Å². The third kappa shape index (κ3) is 4.09. The fourth-order valence-corrected chi connectivity index (χ4v) is 3.71. The largest absolute Gasteiger partial charge is 0.392 e. The SMILES string of the molecule is NNC(CCC1CCCO1)C1CCCCC1C(F)(F)F. The molecule has 118 valence electrons. The second-order valence-electron chi connectivity index (χ2n) is 6.08.